The van der Waals surface area contributed by atoms with Crippen LogP contribution in [0, 0.1) is 0 Å². The summed E-state index contributed by atoms with van der Waals surface area (Å²) < 4.78 is 11.5. The van der Waals surface area contributed by atoms with Gasteiger partial charge in [0.2, 0.25) is 0 Å². The number of halogens is 4. The third-order valence-corrected chi connectivity index (χ3v) is 6.55. The monoisotopic (exact) mass is 556 g/mol. The molecule has 0 aliphatic carbocycles. The third kappa shape index (κ3) is 8.75. The lowest BCUT2D eigenvalue weighted by Gasteiger charge is -2.32. The van der Waals surface area contributed by atoms with Gasteiger partial charge in [-0.05, 0) is 66.9 Å². The number of nitrogens with zero attached hydrogens (tertiary/aromatic N) is 1. The van der Waals surface area contributed by atoms with Gasteiger partial charge in [-0.25, -0.2) is 0 Å². The van der Waals surface area contributed by atoms with Gasteiger partial charge in [-0.15, -0.1) is 24.8 Å². The zero-order valence-corrected chi connectivity index (χ0v) is 22.9. The highest BCUT2D eigenvalue weighted by atomic mass is 35.5. The minimum absolute atomic E-state index is 0. The van der Waals surface area contributed by atoms with Gasteiger partial charge in [0.05, 0.1) is 12.1 Å². The Morgan fingerprint density at radius 2 is 1.57 bits per heavy atom. The van der Waals surface area contributed by atoms with E-state index in [-0.39, 0.29) is 24.8 Å². The summed E-state index contributed by atoms with van der Waals surface area (Å²) in [5.41, 5.74) is 3.48. The lowest BCUT2D eigenvalue weighted by Crippen LogP contribution is -2.41. The highest BCUT2D eigenvalue weighted by Gasteiger charge is 2.19. The minimum Gasteiger partial charge on any atom is -0.493 e. The van der Waals surface area contributed by atoms with Gasteiger partial charge in [0.1, 0.15) is 6.61 Å². The number of likely N-dealkylation sites (tertiary alicyclic amines) is 1. The average molecular weight is 558 g/mol. The number of nitrogens with one attached hydrogen (secondary N) is 1. The Hall–Kier alpha value is -1.66. The first-order chi connectivity index (χ1) is 16.1. The van der Waals surface area contributed by atoms with Crippen LogP contribution in [0.5, 0.6) is 11.5 Å². The number of hydrogen-bond donors (Lipinski definition) is 1. The van der Waals surface area contributed by atoms with Crippen LogP contribution in [-0.2, 0) is 19.7 Å². The van der Waals surface area contributed by atoms with Gasteiger partial charge in [-0.1, -0.05) is 65.7 Å². The van der Waals surface area contributed by atoms with Crippen LogP contribution in [0.25, 0.3) is 0 Å². The van der Waals surface area contributed by atoms with E-state index >= 15 is 0 Å². The van der Waals surface area contributed by atoms with Crippen molar-refractivity contribution in [3.05, 3.63) is 93.5 Å². The Kier molecular flexibility index (Phi) is 12.5. The first kappa shape index (κ1) is 29.6. The zero-order chi connectivity index (χ0) is 23.0. The molecular formula is C27H32Cl4N2O2. The Morgan fingerprint density at radius 3 is 2.23 bits per heavy atom. The van der Waals surface area contributed by atoms with Crippen LogP contribution in [0.2, 0.25) is 10.0 Å². The third-order valence-electron chi connectivity index (χ3n) is 6.02. The van der Waals surface area contributed by atoms with Gasteiger partial charge in [-0.2, -0.15) is 0 Å². The minimum atomic E-state index is 0. The van der Waals surface area contributed by atoms with E-state index in [9.17, 15) is 0 Å². The van der Waals surface area contributed by atoms with Gasteiger partial charge >= 0.3 is 0 Å². The fourth-order valence-electron chi connectivity index (χ4n) is 4.15. The number of hydrogen-bond acceptors (Lipinski definition) is 4. The molecule has 1 fully saturated rings. The summed E-state index contributed by atoms with van der Waals surface area (Å²) in [7, 11) is 1.64. The maximum Gasteiger partial charge on any atom is 0.180 e. The van der Waals surface area contributed by atoms with Gasteiger partial charge < -0.3 is 14.8 Å². The molecule has 4 nitrogen and oxygen atoms in total. The molecular weight excluding hydrogens is 526 g/mol. The molecule has 4 rings (SSSR count). The fraction of sp³-hybridized carbons (Fsp3) is 0.333. The van der Waals surface area contributed by atoms with Crippen molar-refractivity contribution >= 4 is 48.0 Å². The van der Waals surface area contributed by atoms with Crippen molar-refractivity contribution in [2.45, 2.75) is 38.6 Å². The molecule has 35 heavy (non-hydrogen) atoms. The smallest absolute Gasteiger partial charge is 0.180 e. The van der Waals surface area contributed by atoms with Crippen molar-refractivity contribution in [3.8, 4) is 11.5 Å². The average Bonchev–Trinajstić information content (AvgIpc) is 2.84. The summed E-state index contributed by atoms with van der Waals surface area (Å²) in [5.74, 6) is 1.21. The standard InChI is InChI=1S/C27H30Cl2N2O2.2ClH/c1-32-26-16-22(15-25(29)27(26)33-19-21-7-9-23(28)10-8-21)17-30-24-11-13-31(14-12-24)18-20-5-3-2-4-6-20;;/h2-10,15-16,24,30H,11-14,17-19H2,1H3;2*1H. The first-order valence-corrected chi connectivity index (χ1v) is 12.1. The number of benzene rings is 3. The van der Waals surface area contributed by atoms with E-state index in [1.54, 1.807) is 7.11 Å². The van der Waals surface area contributed by atoms with E-state index in [0.717, 1.165) is 50.1 Å². The molecule has 8 heteroatoms. The predicted molar refractivity (Wildman–Crippen MR) is 150 cm³/mol. The Labute approximate surface area is 230 Å². The Balaban J connectivity index is 0.00000216. The van der Waals surface area contributed by atoms with Crippen LogP contribution in [0.4, 0.5) is 0 Å². The molecule has 1 aliphatic rings. The molecule has 0 spiro atoms. The highest BCUT2D eigenvalue weighted by molar-refractivity contribution is 6.32. The fourth-order valence-corrected chi connectivity index (χ4v) is 4.56. The predicted octanol–water partition coefficient (Wildman–Crippen LogP) is 7.18. The Morgan fingerprint density at radius 1 is 0.886 bits per heavy atom. The van der Waals surface area contributed by atoms with Crippen molar-refractivity contribution in [2.24, 2.45) is 0 Å². The Bertz CT molecular complexity index is 1030. The van der Waals surface area contributed by atoms with Crippen LogP contribution in [0.1, 0.15) is 29.5 Å². The lowest BCUT2D eigenvalue weighted by atomic mass is 10.0. The number of ether oxygens (including phenoxy) is 2. The van der Waals surface area contributed by atoms with Gasteiger partial charge in [0, 0.05) is 24.2 Å². The maximum absolute atomic E-state index is 6.56. The second kappa shape index (κ2) is 14.8. The summed E-state index contributed by atoms with van der Waals surface area (Å²) in [6, 6.07) is 22.7. The molecule has 190 valence electrons. The normalized spacial score (nSPS) is 14.0. The van der Waals surface area contributed by atoms with Crippen LogP contribution >= 0.6 is 48.0 Å². The van der Waals surface area contributed by atoms with Crippen LogP contribution in [0.3, 0.4) is 0 Å². The summed E-state index contributed by atoms with van der Waals surface area (Å²) >= 11 is 12.5. The molecule has 1 N–H and O–H groups in total. The van der Waals surface area contributed by atoms with E-state index in [1.807, 2.05) is 36.4 Å². The summed E-state index contributed by atoms with van der Waals surface area (Å²) in [5, 5.41) is 4.94. The quantitative estimate of drug-likeness (QED) is 0.302. The molecule has 0 bridgehead atoms. The van der Waals surface area contributed by atoms with Crippen LogP contribution in [0.15, 0.2) is 66.7 Å². The highest BCUT2D eigenvalue weighted by Crippen LogP contribution is 2.37. The van der Waals surface area contributed by atoms with E-state index in [0.29, 0.717) is 34.2 Å². The molecule has 1 aliphatic heterocycles. The topological polar surface area (TPSA) is 33.7 Å². The van der Waals surface area contributed by atoms with Gasteiger partial charge in [0.25, 0.3) is 0 Å². The largest absolute Gasteiger partial charge is 0.493 e. The molecule has 0 atom stereocenters. The molecule has 0 amide bonds. The maximum atomic E-state index is 6.56. The van der Waals surface area contributed by atoms with Crippen LogP contribution < -0.4 is 14.8 Å². The second-order valence-electron chi connectivity index (χ2n) is 8.44. The molecule has 0 aromatic heterocycles. The van der Waals surface area contributed by atoms with Crippen molar-refractivity contribution in [1.29, 1.82) is 0 Å². The number of methoxy groups -OCH3 is 1. The van der Waals surface area contributed by atoms with E-state index in [4.69, 9.17) is 32.7 Å². The zero-order valence-electron chi connectivity index (χ0n) is 19.7. The summed E-state index contributed by atoms with van der Waals surface area (Å²) in [6.07, 6.45) is 2.28. The number of rotatable bonds is 9. The molecule has 0 saturated carbocycles. The second-order valence-corrected chi connectivity index (χ2v) is 9.28. The summed E-state index contributed by atoms with van der Waals surface area (Å²) in [4.78, 5) is 2.53. The molecule has 0 radical (unpaired) electrons. The molecule has 1 saturated heterocycles. The van der Waals surface area contributed by atoms with E-state index in [2.05, 4.69) is 40.5 Å². The lowest BCUT2D eigenvalue weighted by molar-refractivity contribution is 0.190. The van der Waals surface area contributed by atoms with Gasteiger partial charge in [-0.3, -0.25) is 4.90 Å². The first-order valence-electron chi connectivity index (χ1n) is 11.3. The molecule has 3 aromatic carbocycles. The van der Waals surface area contributed by atoms with Gasteiger partial charge in [0.15, 0.2) is 11.5 Å². The van der Waals surface area contributed by atoms with Crippen LogP contribution in [-0.4, -0.2) is 31.1 Å². The molecule has 1 heterocycles. The van der Waals surface area contributed by atoms with E-state index in [1.165, 1.54) is 5.56 Å². The molecule has 0 unspecified atom stereocenters. The molecule has 3 aromatic rings. The van der Waals surface area contributed by atoms with E-state index < -0.39 is 0 Å². The summed E-state index contributed by atoms with van der Waals surface area (Å²) in [6.45, 7) is 4.38. The van der Waals surface area contributed by atoms with Crippen molar-refractivity contribution in [3.63, 3.8) is 0 Å². The van der Waals surface area contributed by atoms with Crippen molar-refractivity contribution in [1.82, 2.24) is 10.2 Å². The number of piperidine rings is 1. The van der Waals surface area contributed by atoms with Crippen molar-refractivity contribution < 1.29 is 9.47 Å². The SMILES string of the molecule is COc1cc(CNC2CCN(Cc3ccccc3)CC2)cc(Cl)c1OCc1ccc(Cl)cc1.Cl.Cl. The van der Waals surface area contributed by atoms with Crippen molar-refractivity contribution in [2.75, 3.05) is 20.2 Å².